The van der Waals surface area contributed by atoms with Crippen LogP contribution in [0.4, 0.5) is 36.8 Å². The molecule has 2 aromatic heterocycles. The van der Waals surface area contributed by atoms with Crippen molar-refractivity contribution in [3.8, 4) is 0 Å². The second-order valence-corrected chi connectivity index (χ2v) is 9.34. The van der Waals surface area contributed by atoms with Gasteiger partial charge in [-0.1, -0.05) is 12.1 Å². The molecule has 1 aromatic carbocycles. The minimum absolute atomic E-state index is 0.0786. The fourth-order valence-electron chi connectivity index (χ4n) is 4.56. The highest BCUT2D eigenvalue weighted by molar-refractivity contribution is 6.03. The van der Waals surface area contributed by atoms with E-state index in [1.54, 1.807) is 47.2 Å². The number of hydrogen-bond donors (Lipinski definition) is 2. The van der Waals surface area contributed by atoms with Crippen molar-refractivity contribution in [2.24, 2.45) is 0 Å². The van der Waals surface area contributed by atoms with E-state index in [1.807, 2.05) is 4.90 Å². The highest BCUT2D eigenvalue weighted by Gasteiger charge is 2.26. The molecule has 1 atom stereocenters. The molecule has 0 spiro atoms. The Morgan fingerprint density at radius 3 is 2.53 bits per heavy atom. The molecule has 2 aliphatic rings. The number of pyridine rings is 1. The van der Waals surface area contributed by atoms with Crippen molar-refractivity contribution in [2.75, 3.05) is 59.7 Å². The number of anilines is 4. The minimum atomic E-state index is -0.934. The lowest BCUT2D eigenvalue weighted by Gasteiger charge is -2.35. The highest BCUT2D eigenvalue weighted by Crippen LogP contribution is 2.25. The summed E-state index contributed by atoms with van der Waals surface area (Å²) < 4.78 is 33.3. The quantitative estimate of drug-likeness (QED) is 0.517. The molecule has 10 nitrogen and oxygen atoms in total. The van der Waals surface area contributed by atoms with E-state index in [4.69, 9.17) is 4.42 Å². The Morgan fingerprint density at radius 1 is 1.03 bits per heavy atom. The van der Waals surface area contributed by atoms with Gasteiger partial charge in [-0.15, -0.1) is 0 Å². The molecule has 200 valence electrons. The summed E-state index contributed by atoms with van der Waals surface area (Å²) in [5.41, 5.74) is 1.07. The Morgan fingerprint density at radius 2 is 1.82 bits per heavy atom. The lowest BCUT2D eigenvalue weighted by Crippen LogP contribution is -2.50. The zero-order valence-electron chi connectivity index (χ0n) is 21.0. The number of urea groups is 1. The number of nitrogens with zero attached hydrogens (tertiary/aromatic N) is 5. The van der Waals surface area contributed by atoms with Gasteiger partial charge in [-0.25, -0.2) is 18.6 Å². The summed E-state index contributed by atoms with van der Waals surface area (Å²) in [5.74, 6) is -0.151. The fourth-order valence-corrected chi connectivity index (χ4v) is 4.56. The summed E-state index contributed by atoms with van der Waals surface area (Å²) in [6, 6.07) is 9.48. The average Bonchev–Trinajstić information content (AvgIpc) is 3.32. The predicted molar refractivity (Wildman–Crippen MR) is 139 cm³/mol. The van der Waals surface area contributed by atoms with Crippen LogP contribution in [0.3, 0.4) is 0 Å². The standard InChI is InChI=1S/C26H29F2N7O3/c1-17-23(38-26(30-17)35-10-4-5-18(27)16-35)24(36)31-19-8-9-22(29-15-19)33-11-13-34(14-12-33)25(37)32-21-7-3-2-6-20(21)28/h2-3,6-9,15,18H,4-5,10-14,16H2,1H3,(H,31,36)(H,32,37). The molecule has 2 fully saturated rings. The Labute approximate surface area is 218 Å². The number of oxazole rings is 1. The first-order valence-corrected chi connectivity index (χ1v) is 12.6. The van der Waals surface area contributed by atoms with Crippen molar-refractivity contribution in [1.29, 1.82) is 0 Å². The third-order valence-electron chi connectivity index (χ3n) is 6.64. The average molecular weight is 526 g/mol. The zero-order chi connectivity index (χ0) is 26.6. The van der Waals surface area contributed by atoms with Crippen LogP contribution in [0.15, 0.2) is 47.0 Å². The van der Waals surface area contributed by atoms with E-state index in [9.17, 15) is 18.4 Å². The number of carbonyl (C=O) groups is 2. The first-order chi connectivity index (χ1) is 18.4. The lowest BCUT2D eigenvalue weighted by molar-refractivity contribution is 0.0996. The Hall–Kier alpha value is -4.22. The molecule has 5 rings (SSSR count). The Balaban J connectivity index is 1.14. The van der Waals surface area contributed by atoms with E-state index >= 15 is 0 Å². The molecular formula is C26H29F2N7O3. The second kappa shape index (κ2) is 11.0. The molecule has 12 heteroatoms. The number of para-hydroxylation sites is 1. The van der Waals surface area contributed by atoms with Crippen molar-refractivity contribution in [2.45, 2.75) is 25.9 Å². The number of piperazine rings is 1. The summed E-state index contributed by atoms with van der Waals surface area (Å²) >= 11 is 0. The lowest BCUT2D eigenvalue weighted by atomic mass is 10.1. The number of hydrogen-bond acceptors (Lipinski definition) is 7. The zero-order valence-corrected chi connectivity index (χ0v) is 21.0. The van der Waals surface area contributed by atoms with Gasteiger partial charge in [-0.05, 0) is 44.0 Å². The van der Waals surface area contributed by atoms with Gasteiger partial charge in [0.2, 0.25) is 5.76 Å². The summed E-state index contributed by atoms with van der Waals surface area (Å²) in [6.45, 7) is 4.53. The normalized spacial score (nSPS) is 17.9. The van der Waals surface area contributed by atoms with E-state index in [0.717, 1.165) is 0 Å². The number of benzene rings is 1. The number of amides is 3. The van der Waals surface area contributed by atoms with E-state index in [1.165, 1.54) is 12.1 Å². The molecule has 2 aliphatic heterocycles. The monoisotopic (exact) mass is 525 g/mol. The number of aryl methyl sites for hydroxylation is 1. The molecule has 0 saturated carbocycles. The van der Waals surface area contributed by atoms with Gasteiger partial charge in [-0.2, -0.15) is 4.98 Å². The summed E-state index contributed by atoms with van der Waals surface area (Å²) in [4.78, 5) is 39.4. The molecule has 0 aliphatic carbocycles. The van der Waals surface area contributed by atoms with Gasteiger partial charge >= 0.3 is 6.03 Å². The third-order valence-corrected chi connectivity index (χ3v) is 6.64. The van der Waals surface area contributed by atoms with Gasteiger partial charge in [0.25, 0.3) is 11.9 Å². The van der Waals surface area contributed by atoms with Crippen LogP contribution in [0, 0.1) is 12.7 Å². The van der Waals surface area contributed by atoms with Crippen molar-refractivity contribution < 1.29 is 22.8 Å². The summed E-state index contributed by atoms with van der Waals surface area (Å²) in [7, 11) is 0. The van der Waals surface area contributed by atoms with Gasteiger partial charge in [0.1, 0.15) is 17.8 Å². The molecule has 0 bridgehead atoms. The molecule has 4 heterocycles. The van der Waals surface area contributed by atoms with Crippen LogP contribution < -0.4 is 20.4 Å². The van der Waals surface area contributed by atoms with Crippen molar-refractivity contribution in [1.82, 2.24) is 14.9 Å². The SMILES string of the molecule is Cc1nc(N2CCCC(F)C2)oc1C(=O)Nc1ccc(N2CCN(C(=O)Nc3ccccc3F)CC2)nc1. The largest absolute Gasteiger partial charge is 0.418 e. The number of nitrogens with one attached hydrogen (secondary N) is 2. The van der Waals surface area contributed by atoms with Crippen LogP contribution in [-0.4, -0.2) is 72.2 Å². The fraction of sp³-hybridized carbons (Fsp3) is 0.385. The molecule has 38 heavy (non-hydrogen) atoms. The van der Waals surface area contributed by atoms with Gasteiger partial charge in [0.05, 0.1) is 29.8 Å². The topological polar surface area (TPSA) is 107 Å². The van der Waals surface area contributed by atoms with Crippen LogP contribution in [0.1, 0.15) is 29.1 Å². The molecular weight excluding hydrogens is 496 g/mol. The van der Waals surface area contributed by atoms with E-state index < -0.39 is 17.9 Å². The molecule has 2 saturated heterocycles. The molecule has 3 amide bonds. The van der Waals surface area contributed by atoms with Gasteiger partial charge in [-0.3, -0.25) is 4.79 Å². The van der Waals surface area contributed by atoms with Crippen LogP contribution in [0.25, 0.3) is 0 Å². The number of carbonyl (C=O) groups excluding carboxylic acids is 2. The maximum Gasteiger partial charge on any atom is 0.322 e. The number of alkyl halides is 1. The maximum absolute atomic E-state index is 13.8. The first-order valence-electron chi connectivity index (χ1n) is 12.6. The summed E-state index contributed by atoms with van der Waals surface area (Å²) in [6.07, 6.45) is 1.84. The third kappa shape index (κ3) is 5.68. The number of rotatable bonds is 5. The molecule has 3 aromatic rings. The van der Waals surface area contributed by atoms with Gasteiger partial charge in [0.15, 0.2) is 0 Å². The van der Waals surface area contributed by atoms with E-state index in [0.29, 0.717) is 62.8 Å². The van der Waals surface area contributed by atoms with Crippen LogP contribution in [0.2, 0.25) is 0 Å². The van der Waals surface area contributed by atoms with E-state index in [2.05, 4.69) is 20.6 Å². The number of piperidine rings is 1. The maximum atomic E-state index is 13.8. The molecule has 1 unspecified atom stereocenters. The van der Waals surface area contributed by atoms with Crippen molar-refractivity contribution >= 4 is 35.1 Å². The van der Waals surface area contributed by atoms with Crippen LogP contribution in [-0.2, 0) is 0 Å². The van der Waals surface area contributed by atoms with Gasteiger partial charge in [0, 0.05) is 32.7 Å². The highest BCUT2D eigenvalue weighted by atomic mass is 19.1. The number of aromatic nitrogens is 2. The molecule has 2 N–H and O–H groups in total. The molecule has 0 radical (unpaired) electrons. The van der Waals surface area contributed by atoms with Crippen LogP contribution in [0.5, 0.6) is 0 Å². The second-order valence-electron chi connectivity index (χ2n) is 9.34. The summed E-state index contributed by atoms with van der Waals surface area (Å²) in [5, 5.41) is 5.37. The van der Waals surface area contributed by atoms with Crippen molar-refractivity contribution in [3.63, 3.8) is 0 Å². The predicted octanol–water partition coefficient (Wildman–Crippen LogP) is 4.06. The van der Waals surface area contributed by atoms with E-state index in [-0.39, 0.29) is 30.0 Å². The van der Waals surface area contributed by atoms with Crippen molar-refractivity contribution in [3.05, 3.63) is 59.9 Å². The smallest absolute Gasteiger partial charge is 0.322 e. The number of halogens is 2. The Kier molecular flexibility index (Phi) is 7.38. The first kappa shape index (κ1) is 25.4. The Bertz CT molecular complexity index is 1290. The minimum Gasteiger partial charge on any atom is -0.418 e. The van der Waals surface area contributed by atoms with Crippen LogP contribution >= 0.6 is 0 Å². The van der Waals surface area contributed by atoms with Gasteiger partial charge < -0.3 is 29.8 Å².